The second-order valence-electron chi connectivity index (χ2n) is 4.66. The molecule has 0 aliphatic carbocycles. The Hall–Kier alpha value is -3.07. The summed E-state index contributed by atoms with van der Waals surface area (Å²) in [5.74, 6) is 0.800. The molecule has 0 unspecified atom stereocenters. The zero-order valence-electron chi connectivity index (χ0n) is 11.7. The Morgan fingerprint density at radius 3 is 2.74 bits per heavy atom. The van der Waals surface area contributed by atoms with Gasteiger partial charge in [-0.25, -0.2) is 4.79 Å². The van der Waals surface area contributed by atoms with Crippen LogP contribution in [0.25, 0.3) is 16.5 Å². The van der Waals surface area contributed by atoms with Gasteiger partial charge in [0.25, 0.3) is 5.89 Å². The molecule has 8 nitrogen and oxygen atoms in total. The Labute approximate surface area is 133 Å². The lowest BCUT2D eigenvalue weighted by Crippen LogP contribution is -2.25. The molecule has 0 amide bonds. The highest BCUT2D eigenvalue weighted by Crippen LogP contribution is 2.22. The molecule has 4 rings (SSSR count). The lowest BCUT2D eigenvalue weighted by molar-refractivity contribution is 0.418. The van der Waals surface area contributed by atoms with E-state index in [2.05, 4.69) is 20.6 Å². The lowest BCUT2D eigenvalue weighted by atomic mass is 10.3. The van der Waals surface area contributed by atoms with Gasteiger partial charge in [0.2, 0.25) is 0 Å². The molecular formula is C14H10N6O2S. The third-order valence-electron chi connectivity index (χ3n) is 3.13. The number of nitrogens with zero attached hydrogens (tertiary/aromatic N) is 6. The van der Waals surface area contributed by atoms with Gasteiger partial charge in [-0.3, -0.25) is 0 Å². The molecule has 4 aromatic rings. The summed E-state index contributed by atoms with van der Waals surface area (Å²) in [6.45, 7) is 0.0978. The van der Waals surface area contributed by atoms with Crippen molar-refractivity contribution >= 4 is 11.3 Å². The van der Waals surface area contributed by atoms with E-state index in [4.69, 9.17) is 4.52 Å². The second-order valence-corrected chi connectivity index (χ2v) is 5.61. The maximum atomic E-state index is 12.3. The van der Waals surface area contributed by atoms with Crippen LogP contribution in [0.3, 0.4) is 0 Å². The topological polar surface area (TPSA) is 91.6 Å². The highest BCUT2D eigenvalue weighted by molar-refractivity contribution is 7.13. The van der Waals surface area contributed by atoms with Crippen molar-refractivity contribution in [1.82, 2.24) is 29.9 Å². The van der Waals surface area contributed by atoms with Crippen LogP contribution in [-0.2, 0) is 6.54 Å². The lowest BCUT2D eigenvalue weighted by Gasteiger charge is -1.96. The van der Waals surface area contributed by atoms with E-state index in [1.165, 1.54) is 20.7 Å². The molecule has 114 valence electrons. The first kappa shape index (κ1) is 13.6. The molecule has 0 saturated carbocycles. The van der Waals surface area contributed by atoms with Crippen molar-refractivity contribution < 1.29 is 4.52 Å². The molecule has 1 aromatic carbocycles. The predicted molar refractivity (Wildman–Crippen MR) is 82.3 cm³/mol. The summed E-state index contributed by atoms with van der Waals surface area (Å²) >= 11 is 1.50. The molecular weight excluding hydrogens is 316 g/mol. The molecule has 0 bridgehead atoms. The summed E-state index contributed by atoms with van der Waals surface area (Å²) in [6, 6.07) is 12.9. The molecule has 3 heterocycles. The van der Waals surface area contributed by atoms with Crippen molar-refractivity contribution in [2.75, 3.05) is 0 Å². The van der Waals surface area contributed by atoms with E-state index in [9.17, 15) is 4.79 Å². The zero-order valence-corrected chi connectivity index (χ0v) is 12.6. The minimum atomic E-state index is -0.362. The summed E-state index contributed by atoms with van der Waals surface area (Å²) in [6.07, 6.45) is 0. The first-order valence-electron chi connectivity index (χ1n) is 6.76. The fourth-order valence-electron chi connectivity index (χ4n) is 2.06. The molecule has 9 heteroatoms. The quantitative estimate of drug-likeness (QED) is 0.565. The number of para-hydroxylation sites is 1. The van der Waals surface area contributed by atoms with Crippen molar-refractivity contribution in [3.8, 4) is 16.5 Å². The van der Waals surface area contributed by atoms with Gasteiger partial charge in [-0.1, -0.05) is 29.4 Å². The van der Waals surface area contributed by atoms with Crippen LogP contribution in [0.5, 0.6) is 0 Å². The number of tetrazole rings is 1. The van der Waals surface area contributed by atoms with Crippen molar-refractivity contribution in [2.24, 2.45) is 0 Å². The Kier molecular flexibility index (Phi) is 3.31. The SMILES string of the molecule is O=c1n(Cc2noc(-c3cccs3)n2)nnn1-c1ccccc1. The highest BCUT2D eigenvalue weighted by Gasteiger charge is 2.14. The van der Waals surface area contributed by atoms with Crippen LogP contribution in [0.2, 0.25) is 0 Å². The smallest absolute Gasteiger partial charge is 0.333 e. The molecule has 0 radical (unpaired) electrons. The van der Waals surface area contributed by atoms with Crippen LogP contribution < -0.4 is 5.69 Å². The molecule has 0 saturated heterocycles. The third kappa shape index (κ3) is 2.57. The largest absolute Gasteiger partial charge is 0.368 e. The molecule has 0 aliphatic rings. The van der Waals surface area contributed by atoms with Crippen LogP contribution >= 0.6 is 11.3 Å². The normalized spacial score (nSPS) is 11.0. The summed E-state index contributed by atoms with van der Waals surface area (Å²) in [5, 5.41) is 13.5. The number of benzene rings is 1. The van der Waals surface area contributed by atoms with Gasteiger partial charge in [0.15, 0.2) is 5.82 Å². The van der Waals surface area contributed by atoms with Crippen molar-refractivity contribution in [3.05, 3.63) is 64.2 Å². The molecule has 23 heavy (non-hydrogen) atoms. The second kappa shape index (κ2) is 5.61. The molecule has 0 aliphatic heterocycles. The van der Waals surface area contributed by atoms with E-state index in [0.29, 0.717) is 17.4 Å². The van der Waals surface area contributed by atoms with Gasteiger partial charge < -0.3 is 4.52 Å². The van der Waals surface area contributed by atoms with E-state index in [1.807, 2.05) is 35.7 Å². The Morgan fingerprint density at radius 1 is 1.09 bits per heavy atom. The monoisotopic (exact) mass is 326 g/mol. The van der Waals surface area contributed by atoms with Gasteiger partial charge in [-0.2, -0.15) is 14.3 Å². The first-order valence-corrected chi connectivity index (χ1v) is 7.64. The van der Waals surface area contributed by atoms with E-state index >= 15 is 0 Å². The number of hydrogen-bond acceptors (Lipinski definition) is 7. The summed E-state index contributed by atoms with van der Waals surface area (Å²) < 4.78 is 7.60. The molecule has 0 fully saturated rings. The van der Waals surface area contributed by atoms with Gasteiger partial charge in [0.05, 0.1) is 10.6 Å². The third-order valence-corrected chi connectivity index (χ3v) is 3.99. The molecule has 0 spiro atoms. The number of aromatic nitrogens is 6. The van der Waals surface area contributed by atoms with E-state index in [1.54, 1.807) is 12.1 Å². The van der Waals surface area contributed by atoms with Gasteiger partial charge in [0.1, 0.15) is 6.54 Å². The van der Waals surface area contributed by atoms with Gasteiger partial charge in [-0.05, 0) is 34.0 Å². The average Bonchev–Trinajstić information content (AvgIpc) is 3.31. The maximum absolute atomic E-state index is 12.3. The van der Waals surface area contributed by atoms with Crippen molar-refractivity contribution in [2.45, 2.75) is 6.54 Å². The van der Waals surface area contributed by atoms with Crippen LogP contribution in [0.1, 0.15) is 5.82 Å². The first-order chi connectivity index (χ1) is 11.3. The maximum Gasteiger partial charge on any atom is 0.368 e. The fourth-order valence-corrected chi connectivity index (χ4v) is 2.70. The number of hydrogen-bond donors (Lipinski definition) is 0. The van der Waals surface area contributed by atoms with E-state index in [0.717, 1.165) is 4.88 Å². The van der Waals surface area contributed by atoms with Crippen LogP contribution in [-0.4, -0.2) is 29.9 Å². The summed E-state index contributed by atoms with van der Waals surface area (Å²) in [4.78, 5) is 17.5. The number of rotatable bonds is 4. The van der Waals surface area contributed by atoms with Gasteiger partial charge in [0, 0.05) is 0 Å². The van der Waals surface area contributed by atoms with E-state index in [-0.39, 0.29) is 12.2 Å². The minimum Gasteiger partial charge on any atom is -0.333 e. The van der Waals surface area contributed by atoms with Crippen LogP contribution in [0.15, 0.2) is 57.2 Å². The Balaban J connectivity index is 1.61. The standard InChI is InChI=1S/C14H10N6O2S/c21-14-19(17-18-20(14)10-5-2-1-3-6-10)9-12-15-13(22-16-12)11-7-4-8-23-11/h1-8H,9H2. The molecule has 3 aromatic heterocycles. The van der Waals surface area contributed by atoms with Crippen molar-refractivity contribution in [3.63, 3.8) is 0 Å². The Morgan fingerprint density at radius 2 is 1.96 bits per heavy atom. The zero-order chi connectivity index (χ0) is 15.6. The average molecular weight is 326 g/mol. The molecule has 0 atom stereocenters. The van der Waals surface area contributed by atoms with E-state index < -0.39 is 0 Å². The summed E-state index contributed by atoms with van der Waals surface area (Å²) in [5.41, 5.74) is 0.287. The van der Waals surface area contributed by atoms with Crippen LogP contribution in [0, 0.1) is 0 Å². The van der Waals surface area contributed by atoms with Gasteiger partial charge in [-0.15, -0.1) is 11.3 Å². The highest BCUT2D eigenvalue weighted by atomic mass is 32.1. The molecule has 0 N–H and O–H groups in total. The predicted octanol–water partition coefficient (Wildman–Crippen LogP) is 1.59. The fraction of sp³-hybridized carbons (Fsp3) is 0.0714. The number of thiophene rings is 1. The van der Waals surface area contributed by atoms with Crippen molar-refractivity contribution in [1.29, 1.82) is 0 Å². The van der Waals surface area contributed by atoms with Crippen LogP contribution in [0.4, 0.5) is 0 Å². The van der Waals surface area contributed by atoms with Gasteiger partial charge >= 0.3 is 5.69 Å². The minimum absolute atomic E-state index is 0.0978. The Bertz CT molecular complexity index is 970. The summed E-state index contributed by atoms with van der Waals surface area (Å²) in [7, 11) is 0.